The van der Waals surface area contributed by atoms with E-state index in [2.05, 4.69) is 11.9 Å². The van der Waals surface area contributed by atoms with Gasteiger partial charge in [0.05, 0.1) is 18.7 Å². The third-order valence-corrected chi connectivity index (χ3v) is 6.01. The second-order valence-corrected chi connectivity index (χ2v) is 7.64. The molecule has 2 aliphatic rings. The third-order valence-electron chi connectivity index (χ3n) is 4.90. The lowest BCUT2D eigenvalue weighted by Gasteiger charge is -2.24. The molecule has 4 atom stereocenters. The molecule has 0 amide bonds. The van der Waals surface area contributed by atoms with Crippen LogP contribution < -0.4 is 0 Å². The Morgan fingerprint density at radius 1 is 1.04 bits per heavy atom. The summed E-state index contributed by atoms with van der Waals surface area (Å²) in [5.74, 6) is 0.741. The number of nitrogens with zero attached hydrogens (tertiary/aromatic N) is 2. The first kappa shape index (κ1) is 19.0. The van der Waals surface area contributed by atoms with Gasteiger partial charge in [-0.1, -0.05) is 63.6 Å². The van der Waals surface area contributed by atoms with Crippen molar-refractivity contribution in [2.24, 2.45) is 4.99 Å². The fourth-order valence-electron chi connectivity index (χ4n) is 3.47. The molecule has 0 aromatic heterocycles. The van der Waals surface area contributed by atoms with E-state index in [4.69, 9.17) is 0 Å². The Kier molecular flexibility index (Phi) is 8.16. The van der Waals surface area contributed by atoms with Gasteiger partial charge in [0.15, 0.2) is 5.17 Å². The lowest BCUT2D eigenvalue weighted by Crippen LogP contribution is -2.41. The largest absolute Gasteiger partial charge is 0.394 e. The maximum absolute atomic E-state index is 10.0. The maximum atomic E-state index is 10.0. The fraction of sp³-hybridized carbons (Fsp3) is 0.941. The molecule has 3 N–H and O–H groups in total. The topological polar surface area (TPSA) is 76.3 Å². The molecule has 0 aromatic carbocycles. The summed E-state index contributed by atoms with van der Waals surface area (Å²) in [5.41, 5.74) is 0. The first-order chi connectivity index (χ1) is 11.2. The Morgan fingerprint density at radius 2 is 1.70 bits per heavy atom. The molecule has 23 heavy (non-hydrogen) atoms. The first-order valence-electron chi connectivity index (χ1n) is 9.13. The van der Waals surface area contributed by atoms with Gasteiger partial charge < -0.3 is 20.2 Å². The van der Waals surface area contributed by atoms with Crippen LogP contribution in [-0.2, 0) is 0 Å². The highest BCUT2D eigenvalue weighted by Gasteiger charge is 2.51. The van der Waals surface area contributed by atoms with Crippen molar-refractivity contribution in [3.63, 3.8) is 0 Å². The highest BCUT2D eigenvalue weighted by molar-refractivity contribution is 8.14. The normalized spacial score (nSPS) is 32.0. The molecule has 0 spiro atoms. The van der Waals surface area contributed by atoms with Gasteiger partial charge in [0, 0.05) is 12.3 Å². The van der Waals surface area contributed by atoms with Crippen molar-refractivity contribution in [2.45, 2.75) is 82.6 Å². The summed E-state index contributed by atoms with van der Waals surface area (Å²) < 4.78 is 0. The van der Waals surface area contributed by atoms with Crippen LogP contribution >= 0.6 is 11.8 Å². The monoisotopic (exact) mass is 344 g/mol. The Labute approximate surface area is 144 Å². The zero-order valence-corrected chi connectivity index (χ0v) is 15.0. The number of aliphatic hydroxyl groups excluding tert-OH is 3. The van der Waals surface area contributed by atoms with Gasteiger partial charge in [-0.15, -0.1) is 0 Å². The van der Waals surface area contributed by atoms with Crippen molar-refractivity contribution in [3.8, 4) is 0 Å². The van der Waals surface area contributed by atoms with Crippen LogP contribution in [0.15, 0.2) is 4.99 Å². The SMILES string of the molecule is CCCCCCCCCCN=C1SC[C@@H]2[C@@H](O)[C@H](O)[C@@H](CO)N12. The van der Waals surface area contributed by atoms with Crippen molar-refractivity contribution < 1.29 is 15.3 Å². The van der Waals surface area contributed by atoms with E-state index in [0.717, 1.165) is 23.9 Å². The number of unbranched alkanes of at least 4 members (excludes halogenated alkanes) is 7. The van der Waals surface area contributed by atoms with E-state index in [1.54, 1.807) is 11.8 Å². The van der Waals surface area contributed by atoms with Crippen molar-refractivity contribution in [1.29, 1.82) is 0 Å². The Hall–Kier alpha value is -0.300. The number of aliphatic hydroxyl groups is 3. The third kappa shape index (κ3) is 4.84. The van der Waals surface area contributed by atoms with E-state index in [0.29, 0.717) is 0 Å². The predicted octanol–water partition coefficient (Wildman–Crippen LogP) is 2.00. The summed E-state index contributed by atoms with van der Waals surface area (Å²) in [4.78, 5) is 6.59. The lowest BCUT2D eigenvalue weighted by molar-refractivity contribution is 0.0206. The van der Waals surface area contributed by atoms with Crippen LogP contribution in [0.2, 0.25) is 0 Å². The van der Waals surface area contributed by atoms with E-state index in [1.807, 2.05) is 4.90 Å². The minimum Gasteiger partial charge on any atom is -0.394 e. The van der Waals surface area contributed by atoms with Crippen molar-refractivity contribution in [3.05, 3.63) is 0 Å². The minimum atomic E-state index is -0.876. The number of amidine groups is 1. The highest BCUT2D eigenvalue weighted by Crippen LogP contribution is 2.36. The highest BCUT2D eigenvalue weighted by atomic mass is 32.2. The molecule has 0 bridgehead atoms. The lowest BCUT2D eigenvalue weighted by atomic mass is 10.1. The van der Waals surface area contributed by atoms with Gasteiger partial charge in [-0.25, -0.2) is 0 Å². The summed E-state index contributed by atoms with van der Waals surface area (Å²) in [5, 5.41) is 30.4. The summed E-state index contributed by atoms with van der Waals surface area (Å²) in [7, 11) is 0. The van der Waals surface area contributed by atoms with Gasteiger partial charge in [0.1, 0.15) is 12.2 Å². The molecular weight excluding hydrogens is 312 g/mol. The molecule has 5 nitrogen and oxygen atoms in total. The Bertz CT molecular complexity index is 379. The van der Waals surface area contributed by atoms with E-state index >= 15 is 0 Å². The van der Waals surface area contributed by atoms with Crippen molar-refractivity contribution >= 4 is 16.9 Å². The standard InChI is InChI=1S/C17H32N2O3S/c1-2-3-4-5-6-7-8-9-10-18-17-19-13(11-20)15(21)16(22)14(19)12-23-17/h13-16,20-22H,2-12H2,1H3/t13-,14-,15-,16-/m1/s1. The van der Waals surface area contributed by atoms with E-state index in [-0.39, 0.29) is 12.6 Å². The van der Waals surface area contributed by atoms with E-state index < -0.39 is 18.2 Å². The van der Waals surface area contributed by atoms with Crippen molar-refractivity contribution in [2.75, 3.05) is 18.9 Å². The van der Waals surface area contributed by atoms with Crippen molar-refractivity contribution in [1.82, 2.24) is 4.90 Å². The molecule has 2 saturated heterocycles. The minimum absolute atomic E-state index is 0.107. The molecule has 134 valence electrons. The first-order valence-corrected chi connectivity index (χ1v) is 10.1. The van der Waals surface area contributed by atoms with Gasteiger partial charge in [-0.2, -0.15) is 0 Å². The fourth-order valence-corrected chi connectivity index (χ4v) is 4.75. The molecular formula is C17H32N2O3S. The van der Waals surface area contributed by atoms with Crippen LogP contribution in [0.1, 0.15) is 58.3 Å². The van der Waals surface area contributed by atoms with E-state index in [9.17, 15) is 15.3 Å². The number of hydrogen-bond acceptors (Lipinski definition) is 5. The van der Waals surface area contributed by atoms with Crippen LogP contribution in [0.4, 0.5) is 0 Å². The quantitative estimate of drug-likeness (QED) is 0.529. The summed E-state index contributed by atoms with van der Waals surface area (Å²) in [6.07, 6.45) is 8.61. The number of fused-ring (bicyclic) bond motifs is 1. The molecule has 0 saturated carbocycles. The molecule has 0 aromatic rings. The van der Waals surface area contributed by atoms with Crippen LogP contribution in [-0.4, -0.2) is 68.6 Å². The number of hydrogen-bond donors (Lipinski definition) is 3. The molecule has 2 heterocycles. The maximum Gasteiger partial charge on any atom is 0.160 e. The zero-order valence-electron chi connectivity index (χ0n) is 14.2. The Balaban J connectivity index is 1.68. The van der Waals surface area contributed by atoms with Gasteiger partial charge in [0.2, 0.25) is 0 Å². The smallest absolute Gasteiger partial charge is 0.160 e. The molecule has 0 radical (unpaired) electrons. The van der Waals surface area contributed by atoms with Gasteiger partial charge in [-0.3, -0.25) is 4.99 Å². The summed E-state index contributed by atoms with van der Waals surface area (Å²) >= 11 is 1.63. The van der Waals surface area contributed by atoms with Gasteiger partial charge >= 0.3 is 0 Å². The molecule has 2 aliphatic heterocycles. The molecule has 0 unspecified atom stereocenters. The second-order valence-electron chi connectivity index (χ2n) is 6.66. The summed E-state index contributed by atoms with van der Waals surface area (Å²) in [6.45, 7) is 2.89. The zero-order chi connectivity index (χ0) is 16.7. The number of aliphatic imine (C=N–C) groups is 1. The average molecular weight is 345 g/mol. The van der Waals surface area contributed by atoms with Gasteiger partial charge in [-0.05, 0) is 6.42 Å². The van der Waals surface area contributed by atoms with E-state index in [1.165, 1.54) is 44.9 Å². The molecule has 2 rings (SSSR count). The molecule has 0 aliphatic carbocycles. The van der Waals surface area contributed by atoms with Crippen LogP contribution in [0.25, 0.3) is 0 Å². The van der Waals surface area contributed by atoms with Crippen LogP contribution in [0.3, 0.4) is 0 Å². The number of thioether (sulfide) groups is 1. The van der Waals surface area contributed by atoms with Crippen LogP contribution in [0.5, 0.6) is 0 Å². The Morgan fingerprint density at radius 3 is 2.35 bits per heavy atom. The predicted molar refractivity (Wildman–Crippen MR) is 95.9 cm³/mol. The molecule has 2 fully saturated rings. The average Bonchev–Trinajstić information content (AvgIpc) is 3.06. The number of rotatable bonds is 10. The van der Waals surface area contributed by atoms with Gasteiger partial charge in [0.25, 0.3) is 0 Å². The summed E-state index contributed by atoms with van der Waals surface area (Å²) in [6, 6.07) is -0.521. The van der Waals surface area contributed by atoms with Crippen LogP contribution in [0, 0.1) is 0 Å². The second kappa shape index (κ2) is 9.87. The molecule has 6 heteroatoms.